The molecule has 8 N–H and O–H groups in total. The molecule has 0 aromatic rings. The Balaban J connectivity index is 1.17. The van der Waals surface area contributed by atoms with Gasteiger partial charge >= 0.3 is 5.97 Å². The van der Waals surface area contributed by atoms with E-state index in [-0.39, 0.29) is 46.0 Å². The van der Waals surface area contributed by atoms with E-state index in [0.29, 0.717) is 19.3 Å². The van der Waals surface area contributed by atoms with Gasteiger partial charge in [-0.2, -0.15) is 0 Å². The zero-order valence-electron chi connectivity index (χ0n) is 33.8. The minimum absolute atomic E-state index is 0.0154. The fourth-order valence-corrected chi connectivity index (χ4v) is 13.6. The fraction of sp³-hybridized carbons (Fsp3) is 0.929. The Morgan fingerprint density at radius 2 is 1.47 bits per heavy atom. The van der Waals surface area contributed by atoms with Crippen LogP contribution >= 0.6 is 0 Å². The number of hydrogen-bond donors (Lipinski definition) is 8. The second-order valence-corrected chi connectivity index (χ2v) is 20.5. The zero-order chi connectivity index (χ0) is 40.3. The molecule has 13 heteroatoms. The number of ether oxygens (including phenoxy) is 4. The molecule has 13 nitrogen and oxygen atoms in total. The van der Waals surface area contributed by atoms with E-state index < -0.39 is 90.9 Å². The van der Waals surface area contributed by atoms with Gasteiger partial charge in [0, 0.05) is 5.41 Å². The van der Waals surface area contributed by atoms with Gasteiger partial charge in [-0.1, -0.05) is 53.2 Å². The molecule has 55 heavy (non-hydrogen) atoms. The number of allylic oxidation sites excluding steroid dienone is 2. The van der Waals surface area contributed by atoms with E-state index in [1.165, 1.54) is 12.5 Å². The first kappa shape index (κ1) is 41.9. The molecule has 0 amide bonds. The molecule has 314 valence electrons. The topological polar surface area (TPSA) is 216 Å². The van der Waals surface area contributed by atoms with Crippen molar-refractivity contribution in [3.8, 4) is 0 Å². The summed E-state index contributed by atoms with van der Waals surface area (Å²) in [5.41, 5.74) is -0.478. The van der Waals surface area contributed by atoms with E-state index in [0.717, 1.165) is 44.9 Å². The minimum atomic E-state index is -1.68. The van der Waals surface area contributed by atoms with Gasteiger partial charge < -0.3 is 59.8 Å². The fourth-order valence-electron chi connectivity index (χ4n) is 13.6. The second kappa shape index (κ2) is 14.2. The van der Waals surface area contributed by atoms with E-state index in [9.17, 15) is 45.6 Å². The lowest BCUT2D eigenvalue weighted by Crippen LogP contribution is -2.67. The lowest BCUT2D eigenvalue weighted by atomic mass is 9.33. The van der Waals surface area contributed by atoms with Crippen LogP contribution in [-0.4, -0.2) is 128 Å². The summed E-state index contributed by atoms with van der Waals surface area (Å²) < 4.78 is 24.5. The van der Waals surface area contributed by atoms with Crippen LogP contribution in [0.3, 0.4) is 0 Å². The summed E-state index contributed by atoms with van der Waals surface area (Å²) in [7, 11) is 0. The summed E-state index contributed by atoms with van der Waals surface area (Å²) in [4.78, 5) is 13.1. The molecule has 7 rings (SSSR count). The third-order valence-corrected chi connectivity index (χ3v) is 17.4. The predicted octanol–water partition coefficient (Wildman–Crippen LogP) is 2.88. The molecule has 4 saturated carbocycles. The Labute approximate surface area is 325 Å². The van der Waals surface area contributed by atoms with Crippen molar-refractivity contribution in [1.82, 2.24) is 0 Å². The molecular formula is C42H68O13. The van der Waals surface area contributed by atoms with Crippen molar-refractivity contribution in [3.05, 3.63) is 11.6 Å². The number of carboxylic acid groups (broad SMARTS) is 1. The van der Waals surface area contributed by atoms with Crippen LogP contribution in [0.4, 0.5) is 0 Å². The molecule has 2 aliphatic heterocycles. The SMILES string of the molecule is C[C@@H]1O[C@@H](O[C@H]2[C@H](O[C@H]3CC[C@@]4(C)[C@@H](CC[C@]5(C)[C@@H]4CC=C4[C@@H]6CC(C)(C)CC[C@]6(C(=O)O)CC[C@]45C)[C@]3(C)CO)O[C@H](CO)[C@@H](O)[C@@H]2O)[C@H](O)[C@H](O)[C@H]1O. The summed E-state index contributed by atoms with van der Waals surface area (Å²) in [6.07, 6.45) is -4.42. The Hall–Kier alpha value is -1.23. The molecule has 0 unspecified atom stereocenters. The standard InChI is InChI=1S/C42H68O13/c1-21-28(45)30(47)32(49)34(52-21)55-33-31(48)29(46)24(19-43)53-35(33)54-27-11-12-38(4)25(39(27,5)20-44)10-13-41(7)26(38)9-8-22-23-18-37(2,3)14-16-42(23,36(50)51)17-15-40(22,41)6/h8,21,23-35,43-49H,9-20H2,1-7H3,(H,50,51)/t21-,23-,24+,25+,26+,27-,28-,29+,30+,31-,32+,33+,34-,35-,38-,39-,40+,41+,42-/m0/s1. The molecular weight excluding hydrogens is 712 g/mol. The number of carbonyl (C=O) groups is 1. The average Bonchev–Trinajstić information content (AvgIpc) is 3.13. The minimum Gasteiger partial charge on any atom is -0.481 e. The number of hydrogen-bond acceptors (Lipinski definition) is 12. The Morgan fingerprint density at radius 3 is 2.13 bits per heavy atom. The quantitative estimate of drug-likeness (QED) is 0.138. The Bertz CT molecular complexity index is 1490. The molecule has 7 aliphatic rings. The number of fused-ring (bicyclic) bond motifs is 7. The van der Waals surface area contributed by atoms with Crippen molar-refractivity contribution in [3.63, 3.8) is 0 Å². The van der Waals surface area contributed by atoms with Gasteiger partial charge in [-0.15, -0.1) is 0 Å². The second-order valence-electron chi connectivity index (χ2n) is 20.5. The normalized spacial score (nSPS) is 54.9. The van der Waals surface area contributed by atoms with Crippen molar-refractivity contribution in [2.24, 2.45) is 50.2 Å². The van der Waals surface area contributed by atoms with Gasteiger partial charge in [0.25, 0.3) is 0 Å². The van der Waals surface area contributed by atoms with Gasteiger partial charge in [-0.05, 0) is 111 Å². The largest absolute Gasteiger partial charge is 0.481 e. The van der Waals surface area contributed by atoms with Crippen LogP contribution < -0.4 is 0 Å². The molecule has 0 aromatic carbocycles. The molecule has 0 bridgehead atoms. The van der Waals surface area contributed by atoms with Gasteiger partial charge in [-0.25, -0.2) is 0 Å². The number of aliphatic hydroxyl groups is 7. The first-order valence-electron chi connectivity index (χ1n) is 20.8. The van der Waals surface area contributed by atoms with Gasteiger partial charge in [0.05, 0.1) is 30.8 Å². The highest BCUT2D eigenvalue weighted by Gasteiger charge is 2.70. The van der Waals surface area contributed by atoms with E-state index in [2.05, 4.69) is 40.7 Å². The highest BCUT2D eigenvalue weighted by molar-refractivity contribution is 5.76. The number of aliphatic hydroxyl groups excluding tert-OH is 7. The first-order chi connectivity index (χ1) is 25.6. The monoisotopic (exact) mass is 780 g/mol. The summed E-state index contributed by atoms with van der Waals surface area (Å²) in [6, 6.07) is 0. The zero-order valence-corrected chi connectivity index (χ0v) is 33.8. The van der Waals surface area contributed by atoms with Crippen LogP contribution in [0, 0.1) is 50.2 Å². The maximum absolute atomic E-state index is 13.1. The number of carboxylic acids is 1. The third kappa shape index (κ3) is 6.15. The van der Waals surface area contributed by atoms with E-state index in [1.54, 1.807) is 0 Å². The molecule has 5 aliphatic carbocycles. The van der Waals surface area contributed by atoms with Crippen LogP contribution in [-0.2, 0) is 23.7 Å². The molecule has 2 saturated heterocycles. The summed E-state index contributed by atoms with van der Waals surface area (Å²) >= 11 is 0. The van der Waals surface area contributed by atoms with Crippen LogP contribution in [0.5, 0.6) is 0 Å². The molecule has 6 fully saturated rings. The van der Waals surface area contributed by atoms with Gasteiger partial charge in [0.2, 0.25) is 0 Å². The van der Waals surface area contributed by atoms with E-state index >= 15 is 0 Å². The predicted molar refractivity (Wildman–Crippen MR) is 198 cm³/mol. The molecule has 19 atom stereocenters. The lowest BCUT2D eigenvalue weighted by Gasteiger charge is -2.71. The first-order valence-corrected chi connectivity index (χ1v) is 20.8. The summed E-state index contributed by atoms with van der Waals surface area (Å²) in [5.74, 6) is -0.323. The van der Waals surface area contributed by atoms with E-state index in [1.807, 2.05) is 6.92 Å². The van der Waals surface area contributed by atoms with Gasteiger partial charge in [0.1, 0.15) is 42.7 Å². The van der Waals surface area contributed by atoms with E-state index in [4.69, 9.17) is 18.9 Å². The van der Waals surface area contributed by atoms with Crippen molar-refractivity contribution >= 4 is 5.97 Å². The highest BCUT2D eigenvalue weighted by Crippen LogP contribution is 2.76. The third-order valence-electron chi connectivity index (χ3n) is 17.4. The molecule has 2 heterocycles. The highest BCUT2D eigenvalue weighted by atomic mass is 16.8. The number of rotatable bonds is 7. The van der Waals surface area contributed by atoms with Crippen LogP contribution in [0.2, 0.25) is 0 Å². The van der Waals surface area contributed by atoms with Crippen LogP contribution in [0.15, 0.2) is 11.6 Å². The maximum Gasteiger partial charge on any atom is 0.310 e. The van der Waals surface area contributed by atoms with Gasteiger partial charge in [0.15, 0.2) is 12.6 Å². The van der Waals surface area contributed by atoms with Crippen LogP contribution in [0.1, 0.15) is 113 Å². The van der Waals surface area contributed by atoms with Crippen molar-refractivity contribution in [2.75, 3.05) is 13.2 Å². The Morgan fingerprint density at radius 1 is 0.782 bits per heavy atom. The average molecular weight is 781 g/mol. The lowest BCUT2D eigenvalue weighted by molar-refractivity contribution is -0.377. The molecule has 0 spiro atoms. The maximum atomic E-state index is 13.1. The van der Waals surface area contributed by atoms with Gasteiger partial charge in [-0.3, -0.25) is 4.79 Å². The summed E-state index contributed by atoms with van der Waals surface area (Å²) in [6.45, 7) is 14.5. The van der Waals surface area contributed by atoms with Crippen molar-refractivity contribution in [1.29, 1.82) is 0 Å². The van der Waals surface area contributed by atoms with Crippen molar-refractivity contribution in [2.45, 2.75) is 180 Å². The van der Waals surface area contributed by atoms with Crippen molar-refractivity contribution < 1.29 is 64.6 Å². The smallest absolute Gasteiger partial charge is 0.310 e. The van der Waals surface area contributed by atoms with Crippen LogP contribution in [0.25, 0.3) is 0 Å². The number of aliphatic carboxylic acids is 1. The summed E-state index contributed by atoms with van der Waals surface area (Å²) in [5, 5.41) is 85.7. The molecule has 0 radical (unpaired) electrons. The molecule has 0 aromatic heterocycles. The Kier molecular flexibility index (Phi) is 10.8.